The molecule has 2 aromatic heterocycles. The predicted octanol–water partition coefficient (Wildman–Crippen LogP) is 5.23. The van der Waals surface area contributed by atoms with Crippen molar-refractivity contribution in [3.63, 3.8) is 0 Å². The summed E-state index contributed by atoms with van der Waals surface area (Å²) in [4.78, 5) is 18.2. The van der Waals surface area contributed by atoms with Crippen LogP contribution in [0.2, 0.25) is 0 Å². The summed E-state index contributed by atoms with van der Waals surface area (Å²) in [6.07, 6.45) is 7.03. The van der Waals surface area contributed by atoms with Crippen LogP contribution in [0.3, 0.4) is 0 Å². The summed E-state index contributed by atoms with van der Waals surface area (Å²) in [6.45, 7) is 11.2. The number of aliphatic hydroxyl groups excluding tert-OH is 1. The van der Waals surface area contributed by atoms with E-state index in [9.17, 15) is 15.0 Å². The molecule has 0 spiro atoms. The van der Waals surface area contributed by atoms with Gasteiger partial charge in [0.25, 0.3) is 0 Å². The number of hydrogen-bond donors (Lipinski definition) is 3. The number of nitrogens with zero attached hydrogens (tertiary/aromatic N) is 4. The normalized spacial score (nSPS) is 27.1. The van der Waals surface area contributed by atoms with Gasteiger partial charge in [0.15, 0.2) is 0 Å². The second-order valence-electron chi connectivity index (χ2n) is 11.4. The third-order valence-corrected chi connectivity index (χ3v) is 7.97. The van der Waals surface area contributed by atoms with Crippen LogP contribution >= 0.6 is 0 Å². The first-order valence-corrected chi connectivity index (χ1v) is 12.9. The Morgan fingerprint density at radius 2 is 1.91 bits per heavy atom. The molecule has 0 radical (unpaired) electrons. The number of aliphatic hydroxyl groups is 1. The van der Waals surface area contributed by atoms with E-state index in [1.54, 1.807) is 4.90 Å². The smallest absolute Gasteiger partial charge is 0.407 e. The lowest BCUT2D eigenvalue weighted by molar-refractivity contribution is 0.0527. The van der Waals surface area contributed by atoms with Crippen LogP contribution in [0, 0.1) is 5.41 Å². The Balaban J connectivity index is 1.73. The zero-order valence-electron chi connectivity index (χ0n) is 21.3. The highest BCUT2D eigenvalue weighted by Crippen LogP contribution is 2.43. The van der Waals surface area contributed by atoms with E-state index in [4.69, 9.17) is 5.10 Å². The number of hydrogen-bond acceptors (Lipinski definition) is 5. The van der Waals surface area contributed by atoms with Crippen molar-refractivity contribution in [1.82, 2.24) is 19.5 Å². The molecule has 34 heavy (non-hydrogen) atoms. The van der Waals surface area contributed by atoms with E-state index in [1.807, 2.05) is 6.20 Å². The number of amides is 1. The van der Waals surface area contributed by atoms with E-state index in [-0.39, 0.29) is 29.5 Å². The Bertz CT molecular complexity index is 1010. The summed E-state index contributed by atoms with van der Waals surface area (Å²) in [5.41, 5.74) is 3.31. The number of aromatic nitrogens is 3. The van der Waals surface area contributed by atoms with Crippen LogP contribution in [0.1, 0.15) is 103 Å². The Morgan fingerprint density at radius 3 is 2.53 bits per heavy atom. The molecular formula is C26H41N5O3. The van der Waals surface area contributed by atoms with Gasteiger partial charge in [-0.05, 0) is 74.8 Å². The Hall–Kier alpha value is -2.35. The quantitative estimate of drug-likeness (QED) is 0.552. The molecule has 3 atom stereocenters. The van der Waals surface area contributed by atoms with Crippen LogP contribution in [-0.2, 0) is 0 Å². The molecule has 3 unspecified atom stereocenters. The Kier molecular flexibility index (Phi) is 7.08. The number of likely N-dealkylation sites (tertiary alicyclic amines) is 1. The van der Waals surface area contributed by atoms with Gasteiger partial charge in [0.1, 0.15) is 0 Å². The molecule has 2 fully saturated rings. The molecule has 188 valence electrons. The fraction of sp³-hybridized carbons (Fsp3) is 0.731. The fourth-order valence-electron chi connectivity index (χ4n) is 5.72. The monoisotopic (exact) mass is 471 g/mol. The van der Waals surface area contributed by atoms with E-state index in [0.29, 0.717) is 18.4 Å². The van der Waals surface area contributed by atoms with Gasteiger partial charge in [0.2, 0.25) is 5.95 Å². The number of anilines is 1. The van der Waals surface area contributed by atoms with Gasteiger partial charge in [0, 0.05) is 30.2 Å². The van der Waals surface area contributed by atoms with Crippen LogP contribution in [0.15, 0.2) is 12.3 Å². The average molecular weight is 472 g/mol. The first kappa shape index (κ1) is 24.8. The number of fused-ring (bicyclic) bond motifs is 1. The van der Waals surface area contributed by atoms with Gasteiger partial charge in [-0.3, -0.25) is 0 Å². The molecule has 4 rings (SSSR count). The maximum atomic E-state index is 11.9. The lowest BCUT2D eigenvalue weighted by Gasteiger charge is -2.44. The molecule has 3 heterocycles. The third kappa shape index (κ3) is 5.02. The molecule has 0 bridgehead atoms. The van der Waals surface area contributed by atoms with Crippen LogP contribution in [-0.4, -0.2) is 60.5 Å². The topological polar surface area (TPSA) is 103 Å². The van der Waals surface area contributed by atoms with Crippen LogP contribution in [0.4, 0.5) is 10.7 Å². The maximum absolute atomic E-state index is 11.9. The van der Waals surface area contributed by atoms with Crippen molar-refractivity contribution < 1.29 is 15.0 Å². The minimum absolute atomic E-state index is 0.0424. The first-order valence-electron chi connectivity index (χ1n) is 12.9. The van der Waals surface area contributed by atoms with Crippen molar-refractivity contribution in [2.75, 3.05) is 11.9 Å². The average Bonchev–Trinajstić information content (AvgIpc) is 3.17. The molecule has 8 heteroatoms. The summed E-state index contributed by atoms with van der Waals surface area (Å²) < 4.78 is 2.07. The molecule has 1 aliphatic heterocycles. The largest absolute Gasteiger partial charge is 0.465 e. The van der Waals surface area contributed by atoms with Crippen molar-refractivity contribution in [1.29, 1.82) is 0 Å². The standard InChI is InChI=1S/C26H41N5O3/c1-6-16(2)28-24-27-15-22-20(14-21(31(22)29-24)17-7-9-19(32)10-8-17)18-11-12-30(25(33)34)23(13-18)26(3,4)5/h14-19,23,32H,6-13H2,1-5H3,(H,28,29)(H,33,34). The molecule has 1 amide bonds. The number of carboxylic acid groups (broad SMARTS) is 1. The first-order chi connectivity index (χ1) is 16.1. The SMILES string of the molecule is CCC(C)Nc1ncc2c(C3CCN(C(=O)O)C(C(C)(C)C)C3)cc(C3CCC(O)CC3)n2n1. The van der Waals surface area contributed by atoms with E-state index in [2.05, 4.69) is 55.5 Å². The zero-order valence-corrected chi connectivity index (χ0v) is 21.3. The summed E-state index contributed by atoms with van der Waals surface area (Å²) in [6, 6.07) is 2.55. The van der Waals surface area contributed by atoms with Crippen LogP contribution in [0.25, 0.3) is 5.52 Å². The van der Waals surface area contributed by atoms with Crippen LogP contribution in [0.5, 0.6) is 0 Å². The fourth-order valence-corrected chi connectivity index (χ4v) is 5.72. The van der Waals surface area contributed by atoms with Gasteiger partial charge in [-0.25, -0.2) is 14.3 Å². The summed E-state index contributed by atoms with van der Waals surface area (Å²) in [5.74, 6) is 1.25. The molecule has 3 N–H and O–H groups in total. The van der Waals surface area contributed by atoms with Gasteiger partial charge in [-0.2, -0.15) is 0 Å². The molecule has 0 aromatic carbocycles. The van der Waals surface area contributed by atoms with Gasteiger partial charge in [-0.15, -0.1) is 5.10 Å². The predicted molar refractivity (Wildman–Crippen MR) is 134 cm³/mol. The van der Waals surface area contributed by atoms with Crippen molar-refractivity contribution in [3.05, 3.63) is 23.5 Å². The number of carbonyl (C=O) groups is 1. The molecule has 2 aliphatic rings. The Morgan fingerprint density at radius 1 is 1.21 bits per heavy atom. The highest BCUT2D eigenvalue weighted by atomic mass is 16.4. The summed E-state index contributed by atoms with van der Waals surface area (Å²) in [5, 5.41) is 28.2. The molecule has 1 aliphatic carbocycles. The molecule has 2 aromatic rings. The lowest BCUT2D eigenvalue weighted by atomic mass is 9.75. The van der Waals surface area contributed by atoms with Gasteiger partial charge in [0.05, 0.1) is 17.8 Å². The van der Waals surface area contributed by atoms with Gasteiger partial charge in [-0.1, -0.05) is 27.7 Å². The van der Waals surface area contributed by atoms with E-state index in [1.165, 1.54) is 11.3 Å². The molecule has 8 nitrogen and oxygen atoms in total. The zero-order chi connectivity index (χ0) is 24.6. The second kappa shape index (κ2) is 9.72. The lowest BCUT2D eigenvalue weighted by Crippen LogP contribution is -2.51. The van der Waals surface area contributed by atoms with Gasteiger partial charge >= 0.3 is 6.09 Å². The summed E-state index contributed by atoms with van der Waals surface area (Å²) >= 11 is 0. The second-order valence-corrected chi connectivity index (χ2v) is 11.4. The maximum Gasteiger partial charge on any atom is 0.407 e. The Labute approximate surface area is 202 Å². The van der Waals surface area contributed by atoms with Crippen molar-refractivity contribution >= 4 is 17.6 Å². The number of piperidine rings is 1. The van der Waals surface area contributed by atoms with Crippen LogP contribution < -0.4 is 5.32 Å². The van der Waals surface area contributed by atoms with Crippen molar-refractivity contribution in [2.24, 2.45) is 5.41 Å². The number of rotatable bonds is 5. The molecular weight excluding hydrogens is 430 g/mol. The molecule has 1 saturated carbocycles. The number of nitrogens with one attached hydrogen (secondary N) is 1. The highest BCUT2D eigenvalue weighted by molar-refractivity contribution is 5.66. The van der Waals surface area contributed by atoms with Gasteiger partial charge < -0.3 is 20.4 Å². The van der Waals surface area contributed by atoms with Crippen molar-refractivity contribution in [2.45, 2.75) is 110 Å². The summed E-state index contributed by atoms with van der Waals surface area (Å²) in [7, 11) is 0. The van der Waals surface area contributed by atoms with Crippen molar-refractivity contribution in [3.8, 4) is 0 Å². The van der Waals surface area contributed by atoms with E-state index < -0.39 is 6.09 Å². The molecule has 1 saturated heterocycles. The highest BCUT2D eigenvalue weighted by Gasteiger charge is 2.40. The third-order valence-electron chi connectivity index (χ3n) is 7.97. The van der Waals surface area contributed by atoms with E-state index >= 15 is 0 Å². The van der Waals surface area contributed by atoms with E-state index in [0.717, 1.165) is 50.5 Å². The minimum Gasteiger partial charge on any atom is -0.465 e. The minimum atomic E-state index is -0.828.